The number of likely N-dealkylation sites (tertiary alicyclic amines) is 1. The first-order chi connectivity index (χ1) is 16.8. The van der Waals surface area contributed by atoms with Crippen molar-refractivity contribution in [2.24, 2.45) is 5.92 Å². The van der Waals surface area contributed by atoms with Crippen LogP contribution in [0.1, 0.15) is 24.0 Å². The minimum absolute atomic E-state index is 0.147. The zero-order valence-electron chi connectivity index (χ0n) is 19.3. The van der Waals surface area contributed by atoms with Gasteiger partial charge in [-0.2, -0.15) is 13.2 Å². The van der Waals surface area contributed by atoms with Gasteiger partial charge in [0, 0.05) is 43.9 Å². The molecule has 4 rings (SSSR count). The van der Waals surface area contributed by atoms with Gasteiger partial charge in [-0.25, -0.2) is 0 Å². The van der Waals surface area contributed by atoms with E-state index < -0.39 is 23.6 Å². The van der Waals surface area contributed by atoms with Crippen LogP contribution in [0.25, 0.3) is 6.08 Å². The number of carbonyl (C=O) groups is 2. The normalized spacial score (nSPS) is 17.6. The molecule has 9 heteroatoms. The number of anilines is 2. The van der Waals surface area contributed by atoms with Gasteiger partial charge in [-0.3, -0.25) is 9.59 Å². The van der Waals surface area contributed by atoms with Crippen LogP contribution in [0, 0.1) is 5.92 Å². The topological polar surface area (TPSA) is 61.9 Å². The van der Waals surface area contributed by atoms with Crippen LogP contribution in [0.4, 0.5) is 24.5 Å². The standard InChI is InChI=1S/C26H28F3N3O3/c27-26(28,29)22-18-21(31-14-16-35-17-15-31)7-8-23(22)30-25(34)20-10-12-32(13-11-20)24(33)9-6-19-4-2-1-3-5-19/h1-9,18,20H,10-17H2,(H,30,34)/b9-6+. The summed E-state index contributed by atoms with van der Waals surface area (Å²) in [6.45, 7) is 2.70. The lowest BCUT2D eigenvalue weighted by molar-refractivity contribution is -0.137. The number of carbonyl (C=O) groups excluding carboxylic acids is 2. The van der Waals surface area contributed by atoms with Crippen molar-refractivity contribution >= 4 is 29.3 Å². The third-order valence-electron chi connectivity index (χ3n) is 6.34. The van der Waals surface area contributed by atoms with Crippen LogP contribution in [-0.2, 0) is 20.5 Å². The first-order valence-corrected chi connectivity index (χ1v) is 11.7. The van der Waals surface area contributed by atoms with Crippen molar-refractivity contribution in [3.63, 3.8) is 0 Å². The fraction of sp³-hybridized carbons (Fsp3) is 0.385. The monoisotopic (exact) mass is 487 g/mol. The van der Waals surface area contributed by atoms with E-state index in [1.807, 2.05) is 35.2 Å². The van der Waals surface area contributed by atoms with Gasteiger partial charge in [0.25, 0.3) is 0 Å². The van der Waals surface area contributed by atoms with Gasteiger partial charge < -0.3 is 19.9 Å². The maximum Gasteiger partial charge on any atom is 0.418 e. The molecule has 2 aliphatic rings. The van der Waals surface area contributed by atoms with Crippen molar-refractivity contribution in [3.8, 4) is 0 Å². The largest absolute Gasteiger partial charge is 0.418 e. The van der Waals surface area contributed by atoms with Gasteiger partial charge in [-0.15, -0.1) is 0 Å². The van der Waals surface area contributed by atoms with Crippen LogP contribution < -0.4 is 10.2 Å². The molecular weight excluding hydrogens is 459 g/mol. The summed E-state index contributed by atoms with van der Waals surface area (Å²) in [5.41, 5.74) is 0.251. The highest BCUT2D eigenvalue weighted by Crippen LogP contribution is 2.38. The number of halogens is 3. The maximum atomic E-state index is 13.8. The summed E-state index contributed by atoms with van der Waals surface area (Å²) < 4.78 is 46.6. The molecule has 1 N–H and O–H groups in total. The van der Waals surface area contributed by atoms with Crippen LogP contribution in [-0.4, -0.2) is 56.1 Å². The number of rotatable bonds is 5. The van der Waals surface area contributed by atoms with E-state index in [9.17, 15) is 22.8 Å². The van der Waals surface area contributed by atoms with Crippen LogP contribution >= 0.6 is 0 Å². The number of nitrogens with one attached hydrogen (secondary N) is 1. The third-order valence-corrected chi connectivity index (χ3v) is 6.34. The molecule has 0 spiro atoms. The van der Waals surface area contributed by atoms with E-state index in [0.717, 1.165) is 11.6 Å². The molecule has 0 saturated carbocycles. The molecule has 2 saturated heterocycles. The number of alkyl halides is 3. The first kappa shape index (κ1) is 24.8. The van der Waals surface area contributed by atoms with Crippen LogP contribution in [0.15, 0.2) is 54.6 Å². The van der Waals surface area contributed by atoms with Gasteiger partial charge in [0.05, 0.1) is 24.5 Å². The summed E-state index contributed by atoms with van der Waals surface area (Å²) in [7, 11) is 0. The molecular formula is C26H28F3N3O3. The highest BCUT2D eigenvalue weighted by Gasteiger charge is 2.36. The van der Waals surface area contributed by atoms with Crippen molar-refractivity contribution in [1.82, 2.24) is 4.90 Å². The molecule has 0 radical (unpaired) electrons. The predicted octanol–water partition coefficient (Wildman–Crippen LogP) is 4.43. The summed E-state index contributed by atoms with van der Waals surface area (Å²) in [5, 5.41) is 2.49. The SMILES string of the molecule is O=C(Nc1ccc(N2CCOCC2)cc1C(F)(F)F)C1CCN(C(=O)/C=C/c2ccccc2)CC1. The van der Waals surface area contributed by atoms with E-state index in [-0.39, 0.29) is 11.6 Å². The molecule has 6 nitrogen and oxygen atoms in total. The fourth-order valence-electron chi connectivity index (χ4n) is 4.33. The van der Waals surface area contributed by atoms with Crippen molar-refractivity contribution in [1.29, 1.82) is 0 Å². The number of piperidine rings is 1. The van der Waals surface area contributed by atoms with Gasteiger partial charge in [0.2, 0.25) is 11.8 Å². The van der Waals surface area contributed by atoms with Crippen LogP contribution in [0.2, 0.25) is 0 Å². The number of morpholine rings is 1. The Kier molecular flexibility index (Phi) is 7.75. The van der Waals surface area contributed by atoms with Crippen LogP contribution in [0.5, 0.6) is 0 Å². The molecule has 186 valence electrons. The number of hydrogen-bond donors (Lipinski definition) is 1. The molecule has 35 heavy (non-hydrogen) atoms. The van der Waals surface area contributed by atoms with E-state index in [1.54, 1.807) is 17.0 Å². The minimum Gasteiger partial charge on any atom is -0.378 e. The molecule has 2 aliphatic heterocycles. The fourth-order valence-corrected chi connectivity index (χ4v) is 4.33. The quantitative estimate of drug-likeness (QED) is 0.634. The second-order valence-electron chi connectivity index (χ2n) is 8.66. The van der Waals surface area contributed by atoms with E-state index >= 15 is 0 Å². The molecule has 0 aliphatic carbocycles. The number of ether oxygens (including phenoxy) is 1. The molecule has 0 atom stereocenters. The van der Waals surface area contributed by atoms with Crippen LogP contribution in [0.3, 0.4) is 0 Å². The number of nitrogens with zero attached hydrogens (tertiary/aromatic N) is 2. The Balaban J connectivity index is 1.36. The summed E-state index contributed by atoms with van der Waals surface area (Å²) in [6, 6.07) is 13.4. The zero-order chi connectivity index (χ0) is 24.8. The second-order valence-corrected chi connectivity index (χ2v) is 8.66. The highest BCUT2D eigenvalue weighted by molar-refractivity contribution is 5.95. The maximum absolute atomic E-state index is 13.8. The Labute approximate surface area is 202 Å². The molecule has 0 unspecified atom stereocenters. The van der Waals surface area contributed by atoms with E-state index in [4.69, 9.17) is 4.74 Å². The number of benzene rings is 2. The van der Waals surface area contributed by atoms with E-state index in [2.05, 4.69) is 5.32 Å². The molecule has 2 heterocycles. The average molecular weight is 488 g/mol. The molecule has 2 amide bonds. The smallest absolute Gasteiger partial charge is 0.378 e. The van der Waals surface area contributed by atoms with Crippen molar-refractivity contribution in [2.75, 3.05) is 49.6 Å². The summed E-state index contributed by atoms with van der Waals surface area (Å²) in [5.74, 6) is -1.07. The average Bonchev–Trinajstić information content (AvgIpc) is 2.88. The predicted molar refractivity (Wildman–Crippen MR) is 128 cm³/mol. The van der Waals surface area contributed by atoms with Crippen molar-refractivity contribution in [3.05, 3.63) is 65.7 Å². The van der Waals surface area contributed by atoms with E-state index in [1.165, 1.54) is 12.1 Å². The molecule has 2 aromatic rings. The third kappa shape index (κ3) is 6.42. The van der Waals surface area contributed by atoms with Crippen molar-refractivity contribution in [2.45, 2.75) is 19.0 Å². The van der Waals surface area contributed by atoms with Crippen molar-refractivity contribution < 1.29 is 27.5 Å². The summed E-state index contributed by atoms with van der Waals surface area (Å²) >= 11 is 0. The van der Waals surface area contributed by atoms with Gasteiger partial charge in [-0.05, 0) is 42.7 Å². The zero-order valence-corrected chi connectivity index (χ0v) is 19.3. The number of amides is 2. The molecule has 0 aromatic heterocycles. The van der Waals surface area contributed by atoms with Gasteiger partial charge in [-0.1, -0.05) is 30.3 Å². The number of hydrogen-bond acceptors (Lipinski definition) is 4. The molecule has 2 fully saturated rings. The summed E-state index contributed by atoms with van der Waals surface area (Å²) in [6.07, 6.45) is -0.582. The van der Waals surface area contributed by atoms with Gasteiger partial charge in [0.1, 0.15) is 0 Å². The Morgan fingerprint density at radius 3 is 2.31 bits per heavy atom. The second kappa shape index (κ2) is 10.9. The Hall–Kier alpha value is -3.33. The Morgan fingerprint density at radius 1 is 0.971 bits per heavy atom. The molecule has 2 aromatic carbocycles. The van der Waals surface area contributed by atoms with Gasteiger partial charge >= 0.3 is 6.18 Å². The lowest BCUT2D eigenvalue weighted by atomic mass is 9.95. The van der Waals surface area contributed by atoms with Gasteiger partial charge in [0.15, 0.2) is 0 Å². The highest BCUT2D eigenvalue weighted by atomic mass is 19.4. The Bertz CT molecular complexity index is 1060. The minimum atomic E-state index is -4.61. The van der Waals surface area contributed by atoms with E-state index in [0.29, 0.717) is 57.9 Å². The first-order valence-electron chi connectivity index (χ1n) is 11.7. The lowest BCUT2D eigenvalue weighted by Crippen LogP contribution is -2.41. The molecule has 0 bridgehead atoms. The lowest BCUT2D eigenvalue weighted by Gasteiger charge is -2.31. The Morgan fingerprint density at radius 2 is 1.66 bits per heavy atom. The summed E-state index contributed by atoms with van der Waals surface area (Å²) in [4.78, 5) is 28.7.